The third-order valence-corrected chi connectivity index (χ3v) is 6.95. The lowest BCUT2D eigenvalue weighted by Crippen LogP contribution is -2.41. The number of benzene rings is 1. The number of hydrogen-bond donors (Lipinski definition) is 3. The van der Waals surface area contributed by atoms with Crippen molar-refractivity contribution in [2.45, 2.75) is 66.2 Å². The molecule has 1 saturated heterocycles. The highest BCUT2D eigenvalue weighted by Crippen LogP contribution is 2.39. The van der Waals surface area contributed by atoms with Crippen molar-refractivity contribution in [3.63, 3.8) is 0 Å². The molecule has 0 saturated carbocycles. The number of hydrogen-bond acceptors (Lipinski definition) is 6. The normalized spacial score (nSPS) is 20.9. The number of carboxylic acid groups (broad SMARTS) is 1. The van der Waals surface area contributed by atoms with Crippen molar-refractivity contribution < 1.29 is 19.5 Å². The Morgan fingerprint density at radius 1 is 1.28 bits per heavy atom. The number of amides is 1. The highest BCUT2D eigenvalue weighted by molar-refractivity contribution is 5.80. The number of aliphatic carboxylic acids is 1. The molecule has 0 aliphatic carbocycles. The second-order valence-corrected chi connectivity index (χ2v) is 10.4. The lowest BCUT2D eigenvalue weighted by atomic mass is 10.0. The maximum absolute atomic E-state index is 11.9. The third kappa shape index (κ3) is 6.75. The van der Waals surface area contributed by atoms with E-state index in [0.717, 1.165) is 54.9 Å². The predicted octanol–water partition coefficient (Wildman–Crippen LogP) is 3.79. The van der Waals surface area contributed by atoms with E-state index < -0.39 is 12.0 Å². The number of rotatable bonds is 11. The van der Waals surface area contributed by atoms with Gasteiger partial charge in [0.15, 0.2) is 0 Å². The summed E-state index contributed by atoms with van der Waals surface area (Å²) in [4.78, 5) is 39.0. The fourth-order valence-electron chi connectivity index (χ4n) is 5.04. The summed E-state index contributed by atoms with van der Waals surface area (Å²) < 4.78 is 0. The van der Waals surface area contributed by atoms with Crippen LogP contribution in [0.5, 0.6) is 0 Å². The summed E-state index contributed by atoms with van der Waals surface area (Å²) in [6, 6.07) is 5.60. The molecule has 2 heterocycles. The van der Waals surface area contributed by atoms with Gasteiger partial charge in [0.25, 0.3) is 0 Å². The maximum atomic E-state index is 11.9. The summed E-state index contributed by atoms with van der Waals surface area (Å²) in [6.07, 6.45) is 6.18. The highest BCUT2D eigenvalue weighted by atomic mass is 16.4. The summed E-state index contributed by atoms with van der Waals surface area (Å²) in [5, 5.41) is 16.4. The summed E-state index contributed by atoms with van der Waals surface area (Å²) in [5.74, 6) is -0.0826. The molecule has 3 N–H and O–H groups in total. The summed E-state index contributed by atoms with van der Waals surface area (Å²) in [6.45, 7) is 12.2. The number of nitrogens with zero attached hydrogens (tertiary/aromatic N) is 2. The Labute approximate surface area is 214 Å². The Kier molecular flexibility index (Phi) is 9.31. The van der Waals surface area contributed by atoms with E-state index >= 15 is 0 Å². The summed E-state index contributed by atoms with van der Waals surface area (Å²) in [5.41, 5.74) is 4.70. The predicted molar refractivity (Wildman–Crippen MR) is 143 cm³/mol. The Balaban J connectivity index is 1.84. The van der Waals surface area contributed by atoms with Gasteiger partial charge in [0.1, 0.15) is 18.5 Å². The molecule has 196 valence electrons. The Bertz CT molecular complexity index is 1030. The van der Waals surface area contributed by atoms with E-state index in [1.165, 1.54) is 0 Å². The molecule has 0 spiro atoms. The number of allylic oxidation sites excluding steroid dienone is 2. The van der Waals surface area contributed by atoms with Crippen LogP contribution in [-0.4, -0.2) is 60.0 Å². The Morgan fingerprint density at radius 2 is 2.03 bits per heavy atom. The zero-order chi connectivity index (χ0) is 26.4. The van der Waals surface area contributed by atoms with Crippen molar-refractivity contribution in [1.29, 1.82) is 0 Å². The van der Waals surface area contributed by atoms with Crippen molar-refractivity contribution in [2.75, 3.05) is 29.9 Å². The number of nitrogens with one attached hydrogen (secondary N) is 2. The number of carboxylic acids is 1. The van der Waals surface area contributed by atoms with Gasteiger partial charge in [-0.05, 0) is 73.4 Å². The second kappa shape index (κ2) is 12.2. The lowest BCUT2D eigenvalue weighted by molar-refractivity contribution is -0.140. The molecule has 0 aromatic heterocycles. The van der Waals surface area contributed by atoms with E-state index in [0.29, 0.717) is 24.5 Å². The quantitative estimate of drug-likeness (QED) is 0.243. The smallest absolute Gasteiger partial charge is 0.320 e. The van der Waals surface area contributed by atoms with Crippen molar-refractivity contribution >= 4 is 29.5 Å². The SMILES string of the molecule is C/C=C(\C=C(\C)C=O)C1Nc2cc(CNC(CC(C)C)C(=O)O)ccc2N1CC1CCN(C(C)=O)C1. The number of carbonyl (C=O) groups is 3. The van der Waals surface area contributed by atoms with Crippen LogP contribution in [0.2, 0.25) is 0 Å². The topological polar surface area (TPSA) is 102 Å². The molecular formula is C28H40N4O4. The van der Waals surface area contributed by atoms with Crippen LogP contribution < -0.4 is 15.5 Å². The van der Waals surface area contributed by atoms with Crippen LogP contribution in [0, 0.1) is 11.8 Å². The van der Waals surface area contributed by atoms with E-state index in [4.69, 9.17) is 0 Å². The molecule has 3 atom stereocenters. The van der Waals surface area contributed by atoms with Crippen LogP contribution in [0.3, 0.4) is 0 Å². The molecule has 36 heavy (non-hydrogen) atoms. The first-order valence-corrected chi connectivity index (χ1v) is 12.8. The first kappa shape index (κ1) is 27.5. The molecule has 8 heteroatoms. The molecule has 8 nitrogen and oxygen atoms in total. The van der Waals surface area contributed by atoms with Crippen LogP contribution in [0.1, 0.15) is 53.0 Å². The van der Waals surface area contributed by atoms with Gasteiger partial charge in [0, 0.05) is 33.1 Å². The van der Waals surface area contributed by atoms with Gasteiger partial charge in [-0.25, -0.2) is 0 Å². The van der Waals surface area contributed by atoms with Gasteiger partial charge in [-0.15, -0.1) is 0 Å². The average molecular weight is 497 g/mol. The van der Waals surface area contributed by atoms with Gasteiger partial charge < -0.3 is 25.5 Å². The minimum Gasteiger partial charge on any atom is -0.480 e. The first-order valence-electron chi connectivity index (χ1n) is 12.8. The molecule has 1 aromatic rings. The average Bonchev–Trinajstić information content (AvgIpc) is 3.44. The Morgan fingerprint density at radius 3 is 2.61 bits per heavy atom. The molecule has 3 unspecified atom stereocenters. The molecule has 2 aliphatic rings. The van der Waals surface area contributed by atoms with Gasteiger partial charge in [-0.1, -0.05) is 26.0 Å². The largest absolute Gasteiger partial charge is 0.480 e. The molecule has 1 aromatic carbocycles. The zero-order valence-electron chi connectivity index (χ0n) is 22.1. The van der Waals surface area contributed by atoms with Gasteiger partial charge in [0.2, 0.25) is 5.91 Å². The zero-order valence-corrected chi connectivity index (χ0v) is 22.1. The van der Waals surface area contributed by atoms with Crippen molar-refractivity contribution in [2.24, 2.45) is 11.8 Å². The van der Waals surface area contributed by atoms with Crippen LogP contribution in [0.4, 0.5) is 11.4 Å². The minimum atomic E-state index is -0.833. The Hall–Kier alpha value is -3.13. The van der Waals surface area contributed by atoms with Crippen LogP contribution >= 0.6 is 0 Å². The van der Waals surface area contributed by atoms with Crippen LogP contribution in [-0.2, 0) is 20.9 Å². The number of fused-ring (bicyclic) bond motifs is 1. The molecule has 0 radical (unpaired) electrons. The standard InChI is InChI=1S/C28H40N4O4/c1-6-23(12-19(4)17-33)27-30-24-13-21(14-29-25(28(35)36)11-18(2)3)7-8-26(24)32(27)16-22-9-10-31(15-22)20(5)34/h6-8,12-13,17-18,22,25,27,29-30H,9-11,14-16H2,1-5H3,(H,35,36)/b19-12-,23-6+. The van der Waals surface area contributed by atoms with Crippen LogP contribution in [0.15, 0.2) is 41.5 Å². The molecule has 2 aliphatic heterocycles. The first-order chi connectivity index (χ1) is 17.1. The van der Waals surface area contributed by atoms with E-state index in [-0.39, 0.29) is 18.0 Å². The van der Waals surface area contributed by atoms with Crippen molar-refractivity contribution in [3.8, 4) is 0 Å². The van der Waals surface area contributed by atoms with E-state index in [1.807, 2.05) is 43.9 Å². The molecular weight excluding hydrogens is 456 g/mol. The van der Waals surface area contributed by atoms with Crippen molar-refractivity contribution in [3.05, 3.63) is 47.1 Å². The summed E-state index contributed by atoms with van der Waals surface area (Å²) in [7, 11) is 0. The minimum absolute atomic E-state index is 0.113. The number of anilines is 2. The molecule has 3 rings (SSSR count). The van der Waals surface area contributed by atoms with Crippen LogP contribution in [0.25, 0.3) is 0 Å². The number of carbonyl (C=O) groups excluding carboxylic acids is 2. The van der Waals surface area contributed by atoms with E-state index in [2.05, 4.69) is 27.7 Å². The van der Waals surface area contributed by atoms with Gasteiger partial charge in [-0.2, -0.15) is 0 Å². The number of likely N-dealkylation sites (tertiary alicyclic amines) is 1. The highest BCUT2D eigenvalue weighted by Gasteiger charge is 2.34. The van der Waals surface area contributed by atoms with Gasteiger partial charge in [0.05, 0.1) is 11.4 Å². The second-order valence-electron chi connectivity index (χ2n) is 10.4. The third-order valence-electron chi connectivity index (χ3n) is 6.95. The molecule has 1 fully saturated rings. The van der Waals surface area contributed by atoms with Gasteiger partial charge >= 0.3 is 5.97 Å². The monoisotopic (exact) mass is 496 g/mol. The maximum Gasteiger partial charge on any atom is 0.320 e. The lowest BCUT2D eigenvalue weighted by Gasteiger charge is -2.30. The van der Waals surface area contributed by atoms with E-state index in [1.54, 1.807) is 13.8 Å². The fraction of sp³-hybridized carbons (Fsp3) is 0.536. The summed E-state index contributed by atoms with van der Waals surface area (Å²) >= 11 is 0. The fourth-order valence-corrected chi connectivity index (χ4v) is 5.04. The van der Waals surface area contributed by atoms with E-state index in [9.17, 15) is 19.5 Å². The van der Waals surface area contributed by atoms with Crippen molar-refractivity contribution in [1.82, 2.24) is 10.2 Å². The molecule has 0 bridgehead atoms. The van der Waals surface area contributed by atoms with Gasteiger partial charge in [-0.3, -0.25) is 14.4 Å². The molecule has 1 amide bonds. The number of aldehydes is 1.